The zero-order chi connectivity index (χ0) is 12.6. The van der Waals surface area contributed by atoms with E-state index >= 15 is 0 Å². The van der Waals surface area contributed by atoms with Crippen LogP contribution in [0.1, 0.15) is 11.1 Å². The van der Waals surface area contributed by atoms with E-state index in [4.69, 9.17) is 0 Å². The molecular weight excluding hydrogens is 224 g/mol. The molecule has 2 rings (SSSR count). The Morgan fingerprint density at radius 2 is 1.83 bits per heavy atom. The number of nitrogens with one attached hydrogen (secondary N) is 1. The lowest BCUT2D eigenvalue weighted by Crippen LogP contribution is -2.34. The van der Waals surface area contributed by atoms with Crippen molar-refractivity contribution in [2.45, 2.75) is 19.0 Å². The lowest BCUT2D eigenvalue weighted by Gasteiger charge is -2.16. The molecule has 1 aromatic carbocycles. The van der Waals surface area contributed by atoms with Crippen molar-refractivity contribution in [1.29, 1.82) is 0 Å². The molecule has 0 radical (unpaired) electrons. The Kier molecular flexibility index (Phi) is 4.88. The summed E-state index contributed by atoms with van der Waals surface area (Å²) in [6, 6.07) is 14.2. The van der Waals surface area contributed by atoms with Crippen molar-refractivity contribution >= 4 is 0 Å². The van der Waals surface area contributed by atoms with E-state index < -0.39 is 0 Å². The second-order valence-corrected chi connectivity index (χ2v) is 4.31. The van der Waals surface area contributed by atoms with Crippen molar-refractivity contribution in [3.05, 3.63) is 66.0 Å². The summed E-state index contributed by atoms with van der Waals surface area (Å²) >= 11 is 0. The summed E-state index contributed by atoms with van der Waals surface area (Å²) in [5.41, 5.74) is 2.36. The Morgan fingerprint density at radius 1 is 1.06 bits per heavy atom. The van der Waals surface area contributed by atoms with Crippen molar-refractivity contribution < 1.29 is 5.11 Å². The van der Waals surface area contributed by atoms with Crippen LogP contribution in [0.15, 0.2) is 54.9 Å². The highest BCUT2D eigenvalue weighted by Gasteiger charge is 2.07. The van der Waals surface area contributed by atoms with Gasteiger partial charge in [-0.3, -0.25) is 4.98 Å². The minimum Gasteiger partial charge on any atom is -0.395 e. The summed E-state index contributed by atoms with van der Waals surface area (Å²) in [6.45, 7) is 0.862. The van der Waals surface area contributed by atoms with E-state index in [0.717, 1.165) is 18.5 Å². The zero-order valence-electron chi connectivity index (χ0n) is 10.3. The van der Waals surface area contributed by atoms with Crippen molar-refractivity contribution in [3.63, 3.8) is 0 Å². The maximum Gasteiger partial charge on any atom is 0.0587 e. The van der Waals surface area contributed by atoms with Crippen LogP contribution in [-0.4, -0.2) is 22.7 Å². The number of hydrogen-bond donors (Lipinski definition) is 2. The second kappa shape index (κ2) is 6.89. The van der Waals surface area contributed by atoms with Crippen LogP contribution in [0.4, 0.5) is 0 Å². The van der Waals surface area contributed by atoms with Crippen LogP contribution in [0.5, 0.6) is 0 Å². The lowest BCUT2D eigenvalue weighted by atomic mass is 10.1. The Morgan fingerprint density at radius 3 is 2.50 bits per heavy atom. The zero-order valence-corrected chi connectivity index (χ0v) is 10.3. The highest BCUT2D eigenvalue weighted by Crippen LogP contribution is 2.04. The van der Waals surface area contributed by atoms with E-state index in [9.17, 15) is 5.11 Å². The summed E-state index contributed by atoms with van der Waals surface area (Å²) in [4.78, 5) is 4.07. The summed E-state index contributed by atoms with van der Waals surface area (Å²) < 4.78 is 0. The lowest BCUT2D eigenvalue weighted by molar-refractivity contribution is 0.241. The third kappa shape index (κ3) is 3.95. The monoisotopic (exact) mass is 242 g/mol. The molecule has 0 amide bonds. The van der Waals surface area contributed by atoms with Gasteiger partial charge >= 0.3 is 0 Å². The van der Waals surface area contributed by atoms with Gasteiger partial charge in [-0.15, -0.1) is 0 Å². The van der Waals surface area contributed by atoms with Crippen molar-refractivity contribution in [2.24, 2.45) is 0 Å². The molecule has 1 aromatic heterocycles. The Hall–Kier alpha value is -1.71. The third-order valence-electron chi connectivity index (χ3n) is 2.86. The highest BCUT2D eigenvalue weighted by atomic mass is 16.3. The molecule has 0 aliphatic carbocycles. The van der Waals surface area contributed by atoms with Crippen molar-refractivity contribution in [1.82, 2.24) is 10.3 Å². The molecule has 1 atom stereocenters. The van der Waals surface area contributed by atoms with Crippen LogP contribution in [-0.2, 0) is 13.0 Å². The van der Waals surface area contributed by atoms with Crippen LogP contribution in [0.2, 0.25) is 0 Å². The molecule has 0 aliphatic heterocycles. The summed E-state index contributed by atoms with van der Waals surface area (Å²) in [5, 5.41) is 12.7. The maximum absolute atomic E-state index is 9.39. The molecule has 3 heteroatoms. The average Bonchev–Trinajstić information content (AvgIpc) is 2.45. The second-order valence-electron chi connectivity index (χ2n) is 4.31. The van der Waals surface area contributed by atoms with Crippen LogP contribution in [0, 0.1) is 0 Å². The van der Waals surface area contributed by atoms with Gasteiger partial charge in [-0.1, -0.05) is 36.4 Å². The predicted octanol–water partition coefficient (Wildman–Crippen LogP) is 1.77. The number of benzene rings is 1. The minimum atomic E-state index is 0.0765. The maximum atomic E-state index is 9.39. The summed E-state index contributed by atoms with van der Waals surface area (Å²) in [6.07, 6.45) is 4.43. The molecule has 0 unspecified atom stereocenters. The van der Waals surface area contributed by atoms with E-state index in [1.807, 2.05) is 36.5 Å². The number of nitrogens with zero attached hydrogens (tertiary/aromatic N) is 1. The van der Waals surface area contributed by atoms with Gasteiger partial charge in [0.25, 0.3) is 0 Å². The van der Waals surface area contributed by atoms with E-state index in [-0.39, 0.29) is 12.6 Å². The quantitative estimate of drug-likeness (QED) is 0.811. The minimum absolute atomic E-state index is 0.0765. The van der Waals surface area contributed by atoms with Gasteiger partial charge in [-0.05, 0) is 23.6 Å². The molecular formula is C15H18N2O. The molecule has 3 nitrogen and oxygen atoms in total. The van der Waals surface area contributed by atoms with Gasteiger partial charge in [0.2, 0.25) is 0 Å². The van der Waals surface area contributed by atoms with Crippen LogP contribution < -0.4 is 5.32 Å². The van der Waals surface area contributed by atoms with Gasteiger partial charge in [0, 0.05) is 25.0 Å². The smallest absolute Gasteiger partial charge is 0.0587 e. The number of aliphatic hydroxyl groups is 1. The Bertz CT molecular complexity index is 445. The van der Waals surface area contributed by atoms with E-state index in [1.54, 1.807) is 6.20 Å². The molecule has 0 bridgehead atoms. The van der Waals surface area contributed by atoms with Gasteiger partial charge in [-0.2, -0.15) is 0 Å². The SMILES string of the molecule is OC[C@@H](Cc1ccccc1)NCc1cccnc1. The fourth-order valence-corrected chi connectivity index (χ4v) is 1.86. The number of aromatic nitrogens is 1. The highest BCUT2D eigenvalue weighted by molar-refractivity contribution is 5.16. The largest absolute Gasteiger partial charge is 0.395 e. The number of pyridine rings is 1. The first kappa shape index (κ1) is 12.7. The van der Waals surface area contributed by atoms with Crippen molar-refractivity contribution in [3.8, 4) is 0 Å². The molecule has 0 aliphatic rings. The fourth-order valence-electron chi connectivity index (χ4n) is 1.86. The predicted molar refractivity (Wildman–Crippen MR) is 72.1 cm³/mol. The first-order chi connectivity index (χ1) is 8.88. The molecule has 0 spiro atoms. The first-order valence-corrected chi connectivity index (χ1v) is 6.15. The van der Waals surface area contributed by atoms with Gasteiger partial charge in [0.15, 0.2) is 0 Å². The van der Waals surface area contributed by atoms with Crippen LogP contribution in [0.25, 0.3) is 0 Å². The molecule has 0 saturated carbocycles. The molecule has 18 heavy (non-hydrogen) atoms. The van der Waals surface area contributed by atoms with Gasteiger partial charge in [0.1, 0.15) is 0 Å². The van der Waals surface area contributed by atoms with Crippen molar-refractivity contribution in [2.75, 3.05) is 6.61 Å². The molecule has 94 valence electrons. The van der Waals surface area contributed by atoms with Gasteiger partial charge in [0.05, 0.1) is 6.61 Å². The molecule has 2 aromatic rings. The fraction of sp³-hybridized carbons (Fsp3) is 0.267. The van der Waals surface area contributed by atoms with Crippen LogP contribution in [0.3, 0.4) is 0 Å². The van der Waals surface area contributed by atoms with Gasteiger partial charge < -0.3 is 10.4 Å². The Labute approximate surface area is 108 Å². The normalized spacial score (nSPS) is 12.3. The molecule has 2 N–H and O–H groups in total. The number of hydrogen-bond acceptors (Lipinski definition) is 3. The third-order valence-corrected chi connectivity index (χ3v) is 2.86. The van der Waals surface area contributed by atoms with Crippen LogP contribution >= 0.6 is 0 Å². The summed E-state index contributed by atoms with van der Waals surface area (Å²) in [7, 11) is 0. The summed E-state index contributed by atoms with van der Waals surface area (Å²) in [5.74, 6) is 0. The van der Waals surface area contributed by atoms with E-state index in [2.05, 4.69) is 22.4 Å². The number of aliphatic hydroxyl groups excluding tert-OH is 1. The van der Waals surface area contributed by atoms with Gasteiger partial charge in [-0.25, -0.2) is 0 Å². The topological polar surface area (TPSA) is 45.1 Å². The number of rotatable bonds is 6. The molecule has 0 saturated heterocycles. The van der Waals surface area contributed by atoms with E-state index in [1.165, 1.54) is 5.56 Å². The standard InChI is InChI=1S/C15H18N2O/c18-12-15(9-13-5-2-1-3-6-13)17-11-14-7-4-8-16-10-14/h1-8,10,15,17-18H,9,11-12H2/t15-/m1/s1. The average molecular weight is 242 g/mol. The van der Waals surface area contributed by atoms with E-state index in [0.29, 0.717) is 0 Å². The Balaban J connectivity index is 1.86. The first-order valence-electron chi connectivity index (χ1n) is 6.15. The molecule has 1 heterocycles. The molecule has 0 fully saturated rings.